The summed E-state index contributed by atoms with van der Waals surface area (Å²) >= 11 is 5.28. The Morgan fingerprint density at radius 1 is 1.27 bits per heavy atom. The lowest BCUT2D eigenvalue weighted by atomic mass is 9.95. The molecule has 4 nitrogen and oxygen atoms in total. The summed E-state index contributed by atoms with van der Waals surface area (Å²) in [6.45, 7) is 0. The Bertz CT molecular complexity index is 283. The van der Waals surface area contributed by atoms with Crippen LogP contribution in [0.25, 0.3) is 0 Å². The number of amides is 3. The molecule has 84 valence electrons. The number of carbonyl (C=O) groups is 2. The molecule has 0 aromatic heterocycles. The van der Waals surface area contributed by atoms with Crippen LogP contribution < -0.4 is 10.6 Å². The molecule has 0 radical (unpaired) electrons. The van der Waals surface area contributed by atoms with Crippen molar-refractivity contribution in [3.05, 3.63) is 0 Å². The van der Waals surface area contributed by atoms with Gasteiger partial charge in [0.2, 0.25) is 5.91 Å². The molecular weight excluding hydrogens is 216 g/mol. The smallest absolute Gasteiger partial charge is 0.321 e. The minimum absolute atomic E-state index is 0.176. The summed E-state index contributed by atoms with van der Waals surface area (Å²) in [4.78, 5) is 22.2. The van der Waals surface area contributed by atoms with Crippen molar-refractivity contribution in [2.75, 3.05) is 5.88 Å². The number of fused-ring (bicyclic) bond motifs is 2. The second kappa shape index (κ2) is 4.39. The van der Waals surface area contributed by atoms with Crippen molar-refractivity contribution in [2.45, 2.75) is 31.7 Å². The Morgan fingerprint density at radius 3 is 2.60 bits per heavy atom. The van der Waals surface area contributed by atoms with Crippen LogP contribution in [0, 0.1) is 11.8 Å². The Morgan fingerprint density at radius 2 is 2.07 bits per heavy atom. The lowest BCUT2D eigenvalue weighted by Crippen LogP contribution is -2.46. The molecule has 2 bridgehead atoms. The van der Waals surface area contributed by atoms with Gasteiger partial charge in [-0.05, 0) is 31.1 Å². The third kappa shape index (κ3) is 2.43. The van der Waals surface area contributed by atoms with Gasteiger partial charge in [-0.25, -0.2) is 4.79 Å². The molecule has 0 aromatic carbocycles. The molecule has 2 N–H and O–H groups in total. The average Bonchev–Trinajstić information content (AvgIpc) is 2.78. The fourth-order valence-electron chi connectivity index (χ4n) is 2.79. The number of imide groups is 1. The summed E-state index contributed by atoms with van der Waals surface area (Å²) in [5.74, 6) is 0.776. The molecule has 3 atom stereocenters. The number of nitrogens with one attached hydrogen (secondary N) is 2. The molecule has 2 rings (SSSR count). The van der Waals surface area contributed by atoms with Crippen molar-refractivity contribution < 1.29 is 9.59 Å². The van der Waals surface area contributed by atoms with Gasteiger partial charge in [0.15, 0.2) is 0 Å². The van der Waals surface area contributed by atoms with Gasteiger partial charge in [-0.3, -0.25) is 10.1 Å². The summed E-state index contributed by atoms with van der Waals surface area (Å²) in [7, 11) is 0. The van der Waals surface area contributed by atoms with E-state index in [1.54, 1.807) is 0 Å². The molecule has 5 heteroatoms. The van der Waals surface area contributed by atoms with Crippen LogP contribution in [-0.4, -0.2) is 23.9 Å². The van der Waals surface area contributed by atoms with Crippen LogP contribution in [0.4, 0.5) is 4.79 Å². The van der Waals surface area contributed by atoms with E-state index in [1.807, 2.05) is 0 Å². The Hall–Kier alpha value is -0.770. The van der Waals surface area contributed by atoms with Crippen molar-refractivity contribution in [1.29, 1.82) is 0 Å². The van der Waals surface area contributed by atoms with Crippen molar-refractivity contribution in [3.8, 4) is 0 Å². The van der Waals surface area contributed by atoms with Crippen LogP contribution in [0.1, 0.15) is 25.7 Å². The number of halogens is 1. The zero-order valence-corrected chi connectivity index (χ0v) is 9.22. The largest absolute Gasteiger partial charge is 0.335 e. The number of carbonyl (C=O) groups excluding carboxylic acids is 2. The lowest BCUT2D eigenvalue weighted by Gasteiger charge is -2.22. The van der Waals surface area contributed by atoms with Gasteiger partial charge < -0.3 is 5.32 Å². The van der Waals surface area contributed by atoms with Crippen LogP contribution in [0.5, 0.6) is 0 Å². The first kappa shape index (κ1) is 10.7. The molecule has 2 saturated carbocycles. The highest BCUT2D eigenvalue weighted by Crippen LogP contribution is 2.44. The van der Waals surface area contributed by atoms with Gasteiger partial charge in [-0.2, -0.15) is 0 Å². The van der Waals surface area contributed by atoms with E-state index in [0.29, 0.717) is 5.92 Å². The molecule has 0 aromatic rings. The average molecular weight is 231 g/mol. The van der Waals surface area contributed by atoms with E-state index in [9.17, 15) is 9.59 Å². The van der Waals surface area contributed by atoms with E-state index in [2.05, 4.69) is 10.6 Å². The summed E-state index contributed by atoms with van der Waals surface area (Å²) in [5.41, 5.74) is 0. The monoisotopic (exact) mass is 230 g/mol. The summed E-state index contributed by atoms with van der Waals surface area (Å²) in [5, 5.41) is 5.04. The maximum Gasteiger partial charge on any atom is 0.321 e. The first-order chi connectivity index (χ1) is 7.19. The minimum atomic E-state index is -0.447. The lowest BCUT2D eigenvalue weighted by molar-refractivity contribution is -0.117. The van der Waals surface area contributed by atoms with Gasteiger partial charge >= 0.3 is 6.03 Å². The van der Waals surface area contributed by atoms with Crippen molar-refractivity contribution >= 4 is 23.5 Å². The standard InChI is InChI=1S/C10H15ClN2O2/c11-5-9(14)13-10(15)12-8-4-6-1-2-7(8)3-6/h6-8H,1-5H2,(H2,12,13,14,15). The van der Waals surface area contributed by atoms with E-state index in [0.717, 1.165) is 12.3 Å². The van der Waals surface area contributed by atoms with Gasteiger partial charge in [-0.1, -0.05) is 6.42 Å². The van der Waals surface area contributed by atoms with E-state index in [1.165, 1.54) is 19.3 Å². The van der Waals surface area contributed by atoms with E-state index >= 15 is 0 Å². The van der Waals surface area contributed by atoms with E-state index in [4.69, 9.17) is 11.6 Å². The van der Waals surface area contributed by atoms with Gasteiger partial charge in [0, 0.05) is 6.04 Å². The fraction of sp³-hybridized carbons (Fsp3) is 0.800. The van der Waals surface area contributed by atoms with Gasteiger partial charge in [0.1, 0.15) is 5.88 Å². The van der Waals surface area contributed by atoms with Crippen molar-refractivity contribution in [3.63, 3.8) is 0 Å². The Balaban J connectivity index is 1.77. The third-order valence-corrected chi connectivity index (χ3v) is 3.67. The van der Waals surface area contributed by atoms with Gasteiger partial charge in [-0.15, -0.1) is 11.6 Å². The van der Waals surface area contributed by atoms with Crippen LogP contribution >= 0.6 is 11.6 Å². The zero-order valence-electron chi connectivity index (χ0n) is 8.46. The minimum Gasteiger partial charge on any atom is -0.335 e. The van der Waals surface area contributed by atoms with Crippen molar-refractivity contribution in [2.24, 2.45) is 11.8 Å². The normalized spacial score (nSPS) is 32.7. The van der Waals surface area contributed by atoms with Crippen molar-refractivity contribution in [1.82, 2.24) is 10.6 Å². The topological polar surface area (TPSA) is 58.2 Å². The van der Waals surface area contributed by atoms with E-state index < -0.39 is 11.9 Å². The molecule has 0 aliphatic heterocycles. The molecule has 0 spiro atoms. The first-order valence-electron chi connectivity index (χ1n) is 5.35. The zero-order chi connectivity index (χ0) is 10.8. The number of urea groups is 1. The molecule has 3 unspecified atom stereocenters. The highest BCUT2D eigenvalue weighted by molar-refractivity contribution is 6.28. The number of hydrogen-bond acceptors (Lipinski definition) is 2. The number of hydrogen-bond donors (Lipinski definition) is 2. The summed E-state index contributed by atoms with van der Waals surface area (Å²) in [6, 6.07) is -0.148. The molecule has 3 amide bonds. The maximum atomic E-state index is 11.3. The quantitative estimate of drug-likeness (QED) is 0.702. The summed E-state index contributed by atoms with van der Waals surface area (Å²) < 4.78 is 0. The fourth-order valence-corrected chi connectivity index (χ4v) is 2.85. The van der Waals surface area contributed by atoms with Crippen LogP contribution in [0.15, 0.2) is 0 Å². The van der Waals surface area contributed by atoms with E-state index in [-0.39, 0.29) is 11.9 Å². The highest BCUT2D eigenvalue weighted by Gasteiger charge is 2.40. The van der Waals surface area contributed by atoms with Crippen LogP contribution in [0.3, 0.4) is 0 Å². The predicted octanol–water partition coefficient (Wildman–Crippen LogP) is 1.24. The molecule has 2 aliphatic carbocycles. The Kier molecular flexibility index (Phi) is 3.14. The van der Waals surface area contributed by atoms with Crippen LogP contribution in [0.2, 0.25) is 0 Å². The van der Waals surface area contributed by atoms with Crippen LogP contribution in [-0.2, 0) is 4.79 Å². The molecule has 15 heavy (non-hydrogen) atoms. The molecule has 0 heterocycles. The highest BCUT2D eigenvalue weighted by atomic mass is 35.5. The number of alkyl halides is 1. The van der Waals surface area contributed by atoms with Gasteiger partial charge in [0.05, 0.1) is 0 Å². The predicted molar refractivity (Wildman–Crippen MR) is 56.6 cm³/mol. The molecule has 2 aliphatic rings. The maximum absolute atomic E-state index is 11.3. The third-order valence-electron chi connectivity index (χ3n) is 3.43. The van der Waals surface area contributed by atoms with Gasteiger partial charge in [0.25, 0.3) is 0 Å². The SMILES string of the molecule is O=C(CCl)NC(=O)NC1CC2CCC1C2. The Labute approximate surface area is 93.7 Å². The summed E-state index contributed by atoms with van der Waals surface area (Å²) in [6.07, 6.45) is 4.80. The molecule has 2 fully saturated rings. The first-order valence-corrected chi connectivity index (χ1v) is 5.89. The second-order valence-electron chi connectivity index (χ2n) is 4.44. The number of rotatable bonds is 2. The molecule has 0 saturated heterocycles. The second-order valence-corrected chi connectivity index (χ2v) is 4.70. The molecular formula is C10H15ClN2O2.